The number of hydrogen-bond acceptors (Lipinski definition) is 0. The number of allylic oxidation sites excluding steroid dienone is 2. The molecule has 0 heterocycles. The molecule has 29 heavy (non-hydrogen) atoms. The molecular weight excluding hydrogens is 348 g/mol. The highest BCUT2D eigenvalue weighted by Crippen LogP contribution is 2.26. The maximum absolute atomic E-state index is 2.59. The van der Waals surface area contributed by atoms with Crippen LogP contribution in [0.4, 0.5) is 0 Å². The molecule has 174 valence electrons. The predicted octanol–water partition coefficient (Wildman–Crippen LogP) is 10.8. The third-order valence-electron chi connectivity index (χ3n) is 7.33. The van der Waals surface area contributed by atoms with Crippen molar-refractivity contribution in [3.8, 4) is 0 Å². The average molecular weight is 407 g/mol. The van der Waals surface area contributed by atoms with Crippen molar-refractivity contribution in [2.75, 3.05) is 0 Å². The molecule has 0 aliphatic rings. The van der Waals surface area contributed by atoms with E-state index < -0.39 is 0 Å². The third-order valence-corrected chi connectivity index (χ3v) is 7.33. The van der Waals surface area contributed by atoms with E-state index in [0.29, 0.717) is 0 Å². The quantitative estimate of drug-likeness (QED) is 0.131. The summed E-state index contributed by atoms with van der Waals surface area (Å²) < 4.78 is 0. The summed E-state index contributed by atoms with van der Waals surface area (Å²) in [6, 6.07) is 0. The monoisotopic (exact) mass is 406 g/mol. The molecule has 0 N–H and O–H groups in total. The number of rotatable bonds is 21. The molecule has 0 saturated carbocycles. The van der Waals surface area contributed by atoms with Gasteiger partial charge in [-0.05, 0) is 42.9 Å². The van der Waals surface area contributed by atoms with Crippen molar-refractivity contribution < 1.29 is 0 Å². The molecule has 0 nitrogen and oxygen atoms in total. The summed E-state index contributed by atoms with van der Waals surface area (Å²) in [5, 5.41) is 0. The standard InChI is InChI=1S/C29H58/c1-7-20-28(24-19-25-29(21-8-2)27(6)10-4)23-18-16-14-12-11-13-15-17-22-26(5)9-3/h19,24,26-29H,7-18,20-23,25H2,1-6H3. The Balaban J connectivity index is 3.87. The van der Waals surface area contributed by atoms with Crippen LogP contribution in [-0.2, 0) is 0 Å². The summed E-state index contributed by atoms with van der Waals surface area (Å²) >= 11 is 0. The minimum Gasteiger partial charge on any atom is -0.0880 e. The molecule has 0 rings (SSSR count). The van der Waals surface area contributed by atoms with E-state index in [1.165, 1.54) is 109 Å². The third kappa shape index (κ3) is 17.1. The zero-order valence-electron chi connectivity index (χ0n) is 21.5. The Morgan fingerprint density at radius 3 is 1.66 bits per heavy atom. The molecule has 0 spiro atoms. The smallest absolute Gasteiger partial charge is 0.0234 e. The van der Waals surface area contributed by atoms with Gasteiger partial charge in [-0.3, -0.25) is 0 Å². The van der Waals surface area contributed by atoms with Gasteiger partial charge in [-0.2, -0.15) is 0 Å². The van der Waals surface area contributed by atoms with Crippen molar-refractivity contribution >= 4 is 0 Å². The van der Waals surface area contributed by atoms with Gasteiger partial charge in [0.1, 0.15) is 0 Å². The Morgan fingerprint density at radius 2 is 1.14 bits per heavy atom. The molecule has 0 bridgehead atoms. The van der Waals surface area contributed by atoms with E-state index in [4.69, 9.17) is 0 Å². The summed E-state index contributed by atoms with van der Waals surface area (Å²) in [7, 11) is 0. The van der Waals surface area contributed by atoms with Gasteiger partial charge in [0, 0.05) is 0 Å². The molecule has 0 aliphatic heterocycles. The number of unbranched alkanes of at least 4 members (excludes halogenated alkanes) is 7. The van der Waals surface area contributed by atoms with Crippen LogP contribution in [0.2, 0.25) is 0 Å². The Morgan fingerprint density at radius 1 is 0.586 bits per heavy atom. The molecule has 4 atom stereocenters. The molecular formula is C29H58. The summed E-state index contributed by atoms with van der Waals surface area (Å²) in [6.45, 7) is 14.2. The zero-order valence-corrected chi connectivity index (χ0v) is 21.5. The van der Waals surface area contributed by atoms with E-state index in [0.717, 1.165) is 23.7 Å². The van der Waals surface area contributed by atoms with Gasteiger partial charge in [0.15, 0.2) is 0 Å². The summed E-state index contributed by atoms with van der Waals surface area (Å²) in [5.74, 6) is 3.54. The summed E-state index contributed by atoms with van der Waals surface area (Å²) in [6.07, 6.45) is 29.1. The van der Waals surface area contributed by atoms with Gasteiger partial charge in [0.05, 0.1) is 0 Å². The van der Waals surface area contributed by atoms with E-state index in [9.17, 15) is 0 Å². The largest absolute Gasteiger partial charge is 0.0880 e. The van der Waals surface area contributed by atoms with E-state index in [1.807, 2.05) is 0 Å². The van der Waals surface area contributed by atoms with Crippen LogP contribution in [0.3, 0.4) is 0 Å². The second kappa shape index (κ2) is 21.0. The van der Waals surface area contributed by atoms with Gasteiger partial charge in [0.25, 0.3) is 0 Å². The van der Waals surface area contributed by atoms with Gasteiger partial charge in [-0.15, -0.1) is 0 Å². The van der Waals surface area contributed by atoms with Crippen molar-refractivity contribution in [2.24, 2.45) is 23.7 Å². The normalized spacial score (nSPS) is 16.2. The molecule has 0 heteroatoms. The molecule has 0 radical (unpaired) electrons. The molecule has 4 unspecified atom stereocenters. The second-order valence-corrected chi connectivity index (χ2v) is 10.1. The first-order valence-corrected chi connectivity index (χ1v) is 13.7. The van der Waals surface area contributed by atoms with Crippen LogP contribution in [0.15, 0.2) is 12.2 Å². The lowest BCUT2D eigenvalue weighted by Crippen LogP contribution is -2.10. The van der Waals surface area contributed by atoms with Crippen LogP contribution in [-0.4, -0.2) is 0 Å². The first-order valence-electron chi connectivity index (χ1n) is 13.7. The highest BCUT2D eigenvalue weighted by atomic mass is 14.2. The van der Waals surface area contributed by atoms with Crippen molar-refractivity contribution in [2.45, 2.75) is 151 Å². The first-order chi connectivity index (χ1) is 14.1. The molecule has 0 aliphatic carbocycles. The van der Waals surface area contributed by atoms with Gasteiger partial charge in [-0.1, -0.05) is 144 Å². The minimum absolute atomic E-state index is 0.833. The molecule has 0 aromatic carbocycles. The topological polar surface area (TPSA) is 0 Å². The minimum atomic E-state index is 0.833. The van der Waals surface area contributed by atoms with Crippen LogP contribution < -0.4 is 0 Å². The molecule has 0 fully saturated rings. The maximum Gasteiger partial charge on any atom is -0.0234 e. The SMILES string of the molecule is CCCC(C=CCC(CCC)C(C)CC)CCCCCCCCCCC(C)CC. The van der Waals surface area contributed by atoms with E-state index in [2.05, 4.69) is 53.7 Å². The van der Waals surface area contributed by atoms with Gasteiger partial charge >= 0.3 is 0 Å². The second-order valence-electron chi connectivity index (χ2n) is 10.1. The lowest BCUT2D eigenvalue weighted by atomic mass is 9.85. The summed E-state index contributed by atoms with van der Waals surface area (Å²) in [5.41, 5.74) is 0. The van der Waals surface area contributed by atoms with Gasteiger partial charge in [-0.25, -0.2) is 0 Å². The van der Waals surface area contributed by atoms with Crippen molar-refractivity contribution in [3.63, 3.8) is 0 Å². The lowest BCUT2D eigenvalue weighted by molar-refractivity contribution is 0.326. The fourth-order valence-electron chi connectivity index (χ4n) is 4.66. The van der Waals surface area contributed by atoms with Crippen LogP contribution >= 0.6 is 0 Å². The Hall–Kier alpha value is -0.260. The highest BCUT2D eigenvalue weighted by Gasteiger charge is 2.13. The fourth-order valence-corrected chi connectivity index (χ4v) is 4.66. The summed E-state index contributed by atoms with van der Waals surface area (Å²) in [4.78, 5) is 0. The highest BCUT2D eigenvalue weighted by molar-refractivity contribution is 4.90. The molecule has 0 amide bonds. The Bertz CT molecular complexity index is 342. The van der Waals surface area contributed by atoms with Gasteiger partial charge < -0.3 is 0 Å². The van der Waals surface area contributed by atoms with Gasteiger partial charge in [0.2, 0.25) is 0 Å². The molecule has 0 saturated heterocycles. The van der Waals surface area contributed by atoms with Crippen molar-refractivity contribution in [1.82, 2.24) is 0 Å². The van der Waals surface area contributed by atoms with E-state index in [1.54, 1.807) is 0 Å². The van der Waals surface area contributed by atoms with Crippen LogP contribution in [0.5, 0.6) is 0 Å². The average Bonchev–Trinajstić information content (AvgIpc) is 2.73. The van der Waals surface area contributed by atoms with Crippen LogP contribution in [0.1, 0.15) is 151 Å². The van der Waals surface area contributed by atoms with Crippen molar-refractivity contribution in [3.05, 3.63) is 12.2 Å². The fraction of sp³-hybridized carbons (Fsp3) is 0.931. The van der Waals surface area contributed by atoms with Crippen LogP contribution in [0, 0.1) is 23.7 Å². The lowest BCUT2D eigenvalue weighted by Gasteiger charge is -2.21. The first kappa shape index (κ1) is 28.7. The molecule has 0 aromatic rings. The van der Waals surface area contributed by atoms with Crippen molar-refractivity contribution in [1.29, 1.82) is 0 Å². The Kier molecular flexibility index (Phi) is 20.8. The number of hydrogen-bond donors (Lipinski definition) is 0. The zero-order chi connectivity index (χ0) is 21.7. The van der Waals surface area contributed by atoms with E-state index in [-0.39, 0.29) is 0 Å². The molecule has 0 aromatic heterocycles. The predicted molar refractivity (Wildman–Crippen MR) is 136 cm³/mol. The maximum atomic E-state index is 2.59. The Labute approximate surface area is 186 Å². The van der Waals surface area contributed by atoms with E-state index >= 15 is 0 Å². The van der Waals surface area contributed by atoms with Crippen LogP contribution in [0.25, 0.3) is 0 Å².